The largest absolute Gasteiger partial charge is 0.466 e. The van der Waals surface area contributed by atoms with Crippen LogP contribution in [0.3, 0.4) is 0 Å². The molecule has 1 spiro atoms. The molecule has 7 nitrogen and oxygen atoms in total. The molecule has 0 radical (unpaired) electrons. The van der Waals surface area contributed by atoms with E-state index in [9.17, 15) is 19.5 Å². The first-order valence-corrected chi connectivity index (χ1v) is 10.5. The first-order chi connectivity index (χ1) is 13.9. The van der Waals surface area contributed by atoms with Crippen molar-refractivity contribution in [1.82, 2.24) is 10.2 Å². The molecule has 156 valence electrons. The van der Waals surface area contributed by atoms with E-state index in [1.807, 2.05) is 18.2 Å². The van der Waals surface area contributed by atoms with E-state index in [0.29, 0.717) is 45.1 Å². The van der Waals surface area contributed by atoms with Gasteiger partial charge in [-0.25, -0.2) is 4.79 Å². The zero-order chi connectivity index (χ0) is 20.6. The normalized spacial score (nSPS) is 31.5. The van der Waals surface area contributed by atoms with Crippen LogP contribution in [-0.2, 0) is 27.2 Å². The Kier molecular flexibility index (Phi) is 5.11. The zero-order valence-electron chi connectivity index (χ0n) is 16.8. The minimum Gasteiger partial charge on any atom is -0.466 e. The smallest absolute Gasteiger partial charge is 0.325 e. The molecule has 2 fully saturated rings. The van der Waals surface area contributed by atoms with Crippen molar-refractivity contribution < 1.29 is 24.2 Å². The number of carbonyl (C=O) groups excluding carboxylic acids is 3. The van der Waals surface area contributed by atoms with Gasteiger partial charge < -0.3 is 15.2 Å². The van der Waals surface area contributed by atoms with E-state index in [2.05, 4.69) is 11.4 Å². The Bertz CT molecular complexity index is 830. The zero-order valence-corrected chi connectivity index (χ0v) is 16.8. The van der Waals surface area contributed by atoms with Gasteiger partial charge in [-0.15, -0.1) is 0 Å². The molecule has 3 aliphatic rings. The van der Waals surface area contributed by atoms with E-state index in [4.69, 9.17) is 4.74 Å². The number of carbonyl (C=O) groups is 3. The predicted molar refractivity (Wildman–Crippen MR) is 105 cm³/mol. The maximum Gasteiger partial charge on any atom is 0.325 e. The number of esters is 1. The lowest BCUT2D eigenvalue weighted by molar-refractivity contribution is -0.152. The number of aliphatic hydroxyl groups is 1. The lowest BCUT2D eigenvalue weighted by Gasteiger charge is -2.37. The minimum absolute atomic E-state index is 0.0311. The highest BCUT2D eigenvalue weighted by Gasteiger charge is 2.54. The number of aryl methyl sites for hydroxylation is 1. The van der Waals surface area contributed by atoms with Crippen molar-refractivity contribution in [2.45, 2.75) is 63.0 Å². The second kappa shape index (κ2) is 7.44. The number of hydrogen-bond donors (Lipinski definition) is 2. The van der Waals surface area contributed by atoms with Crippen molar-refractivity contribution >= 4 is 17.9 Å². The third-order valence-corrected chi connectivity index (χ3v) is 6.67. The van der Waals surface area contributed by atoms with E-state index in [0.717, 1.165) is 12.0 Å². The third kappa shape index (κ3) is 3.64. The molecule has 0 bridgehead atoms. The van der Waals surface area contributed by atoms with E-state index < -0.39 is 17.2 Å². The first-order valence-electron chi connectivity index (χ1n) is 10.5. The molecule has 1 saturated heterocycles. The molecule has 4 rings (SSSR count). The summed E-state index contributed by atoms with van der Waals surface area (Å²) in [4.78, 5) is 39.0. The summed E-state index contributed by atoms with van der Waals surface area (Å²) >= 11 is 0. The fraction of sp³-hybridized carbons (Fsp3) is 0.591. The molecule has 1 heterocycles. The molecule has 2 aliphatic carbocycles. The van der Waals surface area contributed by atoms with Crippen LogP contribution in [-0.4, -0.2) is 52.2 Å². The summed E-state index contributed by atoms with van der Waals surface area (Å²) in [5.74, 6) is -0.707. The van der Waals surface area contributed by atoms with Crippen LogP contribution < -0.4 is 5.32 Å². The number of β-amino-alcohol motifs (C(OH)–C–C–N with tert-alkyl or cyclic N) is 1. The van der Waals surface area contributed by atoms with Crippen LogP contribution in [0.5, 0.6) is 0 Å². The summed E-state index contributed by atoms with van der Waals surface area (Å²) in [7, 11) is 0. The van der Waals surface area contributed by atoms with Crippen LogP contribution in [0.25, 0.3) is 0 Å². The average molecular weight is 400 g/mol. The summed E-state index contributed by atoms with van der Waals surface area (Å²) in [5, 5.41) is 13.9. The molecule has 3 amide bonds. The van der Waals surface area contributed by atoms with E-state index >= 15 is 0 Å². The second-order valence-corrected chi connectivity index (χ2v) is 8.60. The van der Waals surface area contributed by atoms with Gasteiger partial charge in [0.25, 0.3) is 5.91 Å². The van der Waals surface area contributed by atoms with E-state index in [1.165, 1.54) is 10.5 Å². The van der Waals surface area contributed by atoms with Crippen LogP contribution in [0.4, 0.5) is 4.79 Å². The van der Waals surface area contributed by atoms with Gasteiger partial charge >= 0.3 is 12.0 Å². The van der Waals surface area contributed by atoms with Crippen LogP contribution in [0, 0.1) is 5.92 Å². The molecule has 7 heteroatoms. The van der Waals surface area contributed by atoms with Crippen LogP contribution in [0.2, 0.25) is 0 Å². The first kappa shape index (κ1) is 19.9. The van der Waals surface area contributed by atoms with Gasteiger partial charge in [-0.05, 0) is 56.6 Å². The number of amides is 3. The van der Waals surface area contributed by atoms with Crippen molar-refractivity contribution in [2.75, 3.05) is 13.2 Å². The van der Waals surface area contributed by atoms with Crippen molar-refractivity contribution in [3.63, 3.8) is 0 Å². The quantitative estimate of drug-likeness (QED) is 0.595. The fourth-order valence-electron chi connectivity index (χ4n) is 4.95. The second-order valence-electron chi connectivity index (χ2n) is 8.60. The summed E-state index contributed by atoms with van der Waals surface area (Å²) in [6.07, 6.45) is 3.51. The van der Waals surface area contributed by atoms with Gasteiger partial charge in [0.1, 0.15) is 5.54 Å². The van der Waals surface area contributed by atoms with Crippen molar-refractivity contribution in [3.05, 3.63) is 35.4 Å². The number of ether oxygens (including phenoxy) is 1. The molecule has 29 heavy (non-hydrogen) atoms. The number of nitrogens with zero attached hydrogens (tertiary/aromatic N) is 1. The summed E-state index contributed by atoms with van der Waals surface area (Å²) in [5.41, 5.74) is 0.232. The molecule has 1 atom stereocenters. The fourth-order valence-corrected chi connectivity index (χ4v) is 4.95. The number of urea groups is 1. The SMILES string of the molecule is CCOC(=O)C1CCC(O)(CN2C(=O)NC3(CCc4ccccc4C3)C2=O)CC1. The van der Waals surface area contributed by atoms with Gasteiger partial charge in [-0.3, -0.25) is 14.5 Å². The van der Waals surface area contributed by atoms with Crippen LogP contribution in [0.1, 0.15) is 50.2 Å². The van der Waals surface area contributed by atoms with Gasteiger partial charge in [0.15, 0.2) is 0 Å². The van der Waals surface area contributed by atoms with E-state index in [-0.39, 0.29) is 24.3 Å². The van der Waals surface area contributed by atoms with Crippen LogP contribution >= 0.6 is 0 Å². The molecule has 0 aromatic heterocycles. The molecule has 1 aromatic rings. The average Bonchev–Trinajstić information content (AvgIpc) is 2.92. The monoisotopic (exact) mass is 400 g/mol. The number of fused-ring (bicyclic) bond motifs is 1. The lowest BCUT2D eigenvalue weighted by atomic mass is 9.77. The Morgan fingerprint density at radius 1 is 1.21 bits per heavy atom. The Balaban J connectivity index is 1.43. The predicted octanol–water partition coefficient (Wildman–Crippen LogP) is 1.95. The highest BCUT2D eigenvalue weighted by Crippen LogP contribution is 2.37. The number of imide groups is 1. The molecule has 1 aromatic carbocycles. The molecule has 2 N–H and O–H groups in total. The topological polar surface area (TPSA) is 95.9 Å². The highest BCUT2D eigenvalue weighted by atomic mass is 16.5. The van der Waals surface area contributed by atoms with E-state index in [1.54, 1.807) is 6.92 Å². The molecule has 1 saturated carbocycles. The molecular formula is C22H28N2O5. The van der Waals surface area contributed by atoms with Crippen molar-refractivity contribution in [1.29, 1.82) is 0 Å². The molecule has 1 unspecified atom stereocenters. The number of nitrogens with one attached hydrogen (secondary N) is 1. The summed E-state index contributed by atoms with van der Waals surface area (Å²) in [6, 6.07) is 7.56. The lowest BCUT2D eigenvalue weighted by Crippen LogP contribution is -2.52. The third-order valence-electron chi connectivity index (χ3n) is 6.67. The maximum atomic E-state index is 13.2. The van der Waals surface area contributed by atoms with Gasteiger partial charge in [0.2, 0.25) is 0 Å². The Labute approximate surface area is 170 Å². The Hall–Kier alpha value is -2.41. The molecular weight excluding hydrogens is 372 g/mol. The number of rotatable bonds is 4. The number of benzene rings is 1. The Morgan fingerprint density at radius 3 is 2.59 bits per heavy atom. The highest BCUT2D eigenvalue weighted by molar-refractivity contribution is 6.07. The standard InChI is InChI=1S/C22H28N2O5/c1-2-29-18(25)16-7-10-21(28,11-8-16)14-24-19(26)22(23-20(24)27)12-9-15-5-3-4-6-17(15)13-22/h3-6,16,28H,2,7-14H2,1H3,(H,23,27). The van der Waals surface area contributed by atoms with Crippen LogP contribution in [0.15, 0.2) is 24.3 Å². The number of hydrogen-bond acceptors (Lipinski definition) is 5. The summed E-state index contributed by atoms with van der Waals surface area (Å²) < 4.78 is 5.07. The summed E-state index contributed by atoms with van der Waals surface area (Å²) in [6.45, 7) is 2.08. The van der Waals surface area contributed by atoms with Crippen molar-refractivity contribution in [3.8, 4) is 0 Å². The maximum absolute atomic E-state index is 13.2. The van der Waals surface area contributed by atoms with Gasteiger partial charge in [0, 0.05) is 6.42 Å². The molecule has 1 aliphatic heterocycles. The van der Waals surface area contributed by atoms with Gasteiger partial charge in [-0.2, -0.15) is 0 Å². The van der Waals surface area contributed by atoms with Gasteiger partial charge in [0.05, 0.1) is 24.7 Å². The minimum atomic E-state index is -1.16. The van der Waals surface area contributed by atoms with Crippen molar-refractivity contribution in [2.24, 2.45) is 5.92 Å². The van der Waals surface area contributed by atoms with Gasteiger partial charge in [-0.1, -0.05) is 24.3 Å². The Morgan fingerprint density at radius 2 is 1.90 bits per heavy atom.